The van der Waals surface area contributed by atoms with Crippen LogP contribution in [0.1, 0.15) is 30.6 Å². The van der Waals surface area contributed by atoms with Crippen LogP contribution in [0.4, 0.5) is 5.69 Å². The van der Waals surface area contributed by atoms with Crippen molar-refractivity contribution in [2.45, 2.75) is 26.3 Å². The molecule has 0 unspecified atom stereocenters. The van der Waals surface area contributed by atoms with E-state index in [-0.39, 0.29) is 17.9 Å². The number of carbonyl (C=O) groups excluding carboxylic acids is 2. The molecule has 0 aliphatic heterocycles. The van der Waals surface area contributed by atoms with Gasteiger partial charge in [-0.05, 0) is 31.5 Å². The normalized spacial score (nSPS) is 12.6. The highest BCUT2D eigenvalue weighted by atomic mass is 16.4. The van der Waals surface area contributed by atoms with E-state index in [1.807, 2.05) is 6.07 Å². The number of aliphatic carboxylic acids is 1. The van der Waals surface area contributed by atoms with Crippen LogP contribution in [0.15, 0.2) is 24.3 Å². The molecule has 0 heterocycles. The Labute approximate surface area is 127 Å². The van der Waals surface area contributed by atoms with Crippen LogP contribution in [0, 0.1) is 17.2 Å². The van der Waals surface area contributed by atoms with E-state index in [0.717, 1.165) is 0 Å². The third-order valence-electron chi connectivity index (χ3n) is 2.86. The molecular weight excluding hydrogens is 286 g/mol. The van der Waals surface area contributed by atoms with E-state index in [2.05, 4.69) is 10.6 Å². The maximum absolute atomic E-state index is 12.1. The highest BCUT2D eigenvalue weighted by Gasteiger charge is 2.23. The number of amides is 2. The molecule has 0 saturated heterocycles. The quantitative estimate of drug-likeness (QED) is 0.733. The van der Waals surface area contributed by atoms with E-state index in [1.54, 1.807) is 19.1 Å². The largest absolute Gasteiger partial charge is 0.480 e. The maximum atomic E-state index is 12.1. The van der Waals surface area contributed by atoms with E-state index in [9.17, 15) is 14.4 Å². The molecule has 0 aliphatic rings. The summed E-state index contributed by atoms with van der Waals surface area (Å²) in [5.41, 5.74) is 0.666. The summed E-state index contributed by atoms with van der Waals surface area (Å²) in [5.74, 6) is -2.55. The highest BCUT2D eigenvalue weighted by Crippen LogP contribution is 2.12. The lowest BCUT2D eigenvalue weighted by molar-refractivity contribution is -0.139. The Morgan fingerprint density at radius 1 is 1.36 bits per heavy atom. The summed E-state index contributed by atoms with van der Waals surface area (Å²) in [6, 6.07) is 6.93. The fraction of sp³-hybridized carbons (Fsp3) is 0.333. The summed E-state index contributed by atoms with van der Waals surface area (Å²) >= 11 is 0. The van der Waals surface area contributed by atoms with Gasteiger partial charge in [-0.1, -0.05) is 6.07 Å². The van der Waals surface area contributed by atoms with Gasteiger partial charge in [0.2, 0.25) is 5.91 Å². The Morgan fingerprint density at radius 3 is 2.59 bits per heavy atom. The Hall–Kier alpha value is -2.88. The van der Waals surface area contributed by atoms with Crippen molar-refractivity contribution >= 4 is 23.5 Å². The zero-order valence-corrected chi connectivity index (χ0v) is 12.3. The highest BCUT2D eigenvalue weighted by molar-refractivity contribution is 5.98. The monoisotopic (exact) mass is 303 g/mol. The first-order valence-corrected chi connectivity index (χ1v) is 6.64. The number of nitriles is 1. The van der Waals surface area contributed by atoms with Gasteiger partial charge in [0.25, 0.3) is 5.91 Å². The van der Waals surface area contributed by atoms with Gasteiger partial charge in [-0.3, -0.25) is 9.59 Å². The number of benzene rings is 1. The molecule has 0 aromatic heterocycles. The van der Waals surface area contributed by atoms with Crippen LogP contribution in [-0.2, 0) is 9.59 Å². The van der Waals surface area contributed by atoms with Crippen LogP contribution in [0.5, 0.6) is 0 Å². The van der Waals surface area contributed by atoms with Crippen molar-refractivity contribution in [3.05, 3.63) is 29.8 Å². The van der Waals surface area contributed by atoms with Crippen LogP contribution in [0.3, 0.4) is 0 Å². The van der Waals surface area contributed by atoms with E-state index in [4.69, 9.17) is 10.4 Å². The molecule has 2 atom stereocenters. The Balaban J connectivity index is 2.84. The first-order chi connectivity index (χ1) is 10.3. The molecule has 116 valence electrons. The summed E-state index contributed by atoms with van der Waals surface area (Å²) in [5, 5.41) is 22.8. The Morgan fingerprint density at radius 2 is 2.05 bits per heavy atom. The SMILES string of the molecule is CC(=O)Nc1cccc(C(=O)N[C@@H](C[C@H](C)C#N)C(=O)O)c1. The average molecular weight is 303 g/mol. The second kappa shape index (κ2) is 7.78. The molecule has 0 aliphatic carbocycles. The molecule has 0 radical (unpaired) electrons. The van der Waals surface area contributed by atoms with E-state index < -0.39 is 23.8 Å². The Kier molecular flexibility index (Phi) is 6.08. The van der Waals surface area contributed by atoms with Crippen molar-refractivity contribution in [1.29, 1.82) is 5.26 Å². The molecule has 2 amide bonds. The second-order valence-corrected chi connectivity index (χ2v) is 4.89. The molecule has 0 saturated carbocycles. The molecule has 3 N–H and O–H groups in total. The third-order valence-corrected chi connectivity index (χ3v) is 2.86. The van der Waals surface area contributed by atoms with Crippen LogP contribution < -0.4 is 10.6 Å². The molecule has 22 heavy (non-hydrogen) atoms. The number of nitrogens with one attached hydrogen (secondary N) is 2. The first-order valence-electron chi connectivity index (χ1n) is 6.64. The zero-order chi connectivity index (χ0) is 16.7. The molecule has 0 spiro atoms. The minimum Gasteiger partial charge on any atom is -0.480 e. The van der Waals surface area contributed by atoms with Gasteiger partial charge < -0.3 is 15.7 Å². The van der Waals surface area contributed by atoms with Gasteiger partial charge in [0.1, 0.15) is 6.04 Å². The number of carbonyl (C=O) groups is 3. The Bertz CT molecular complexity index is 621. The lowest BCUT2D eigenvalue weighted by atomic mass is 10.0. The molecule has 7 heteroatoms. The molecule has 1 rings (SSSR count). The number of nitrogens with zero attached hydrogens (tertiary/aromatic N) is 1. The van der Waals surface area contributed by atoms with Crippen molar-refractivity contribution in [2.24, 2.45) is 5.92 Å². The van der Waals surface area contributed by atoms with Crippen molar-refractivity contribution in [3.63, 3.8) is 0 Å². The summed E-state index contributed by atoms with van der Waals surface area (Å²) in [6.07, 6.45) is 0.0168. The van der Waals surface area contributed by atoms with Gasteiger partial charge >= 0.3 is 5.97 Å². The fourth-order valence-electron chi connectivity index (χ4n) is 1.81. The van der Waals surface area contributed by atoms with Gasteiger partial charge in [0.15, 0.2) is 0 Å². The topological polar surface area (TPSA) is 119 Å². The number of carboxylic acids is 1. The smallest absolute Gasteiger partial charge is 0.326 e. The van der Waals surface area contributed by atoms with Gasteiger partial charge in [-0.15, -0.1) is 0 Å². The standard InChI is InChI=1S/C15H17N3O4/c1-9(8-16)6-13(15(21)22)18-14(20)11-4-3-5-12(7-11)17-10(2)19/h3-5,7,9,13H,6H2,1-2H3,(H,17,19)(H,18,20)(H,21,22)/t9-,13-/m0/s1. The summed E-state index contributed by atoms with van der Waals surface area (Å²) in [7, 11) is 0. The number of carboxylic acid groups (broad SMARTS) is 1. The van der Waals surface area contributed by atoms with Crippen molar-refractivity contribution in [3.8, 4) is 6.07 Å². The number of anilines is 1. The molecular formula is C15H17N3O4. The van der Waals surface area contributed by atoms with E-state index >= 15 is 0 Å². The summed E-state index contributed by atoms with van der Waals surface area (Å²) < 4.78 is 0. The van der Waals surface area contributed by atoms with Crippen LogP contribution in [0.2, 0.25) is 0 Å². The number of hydrogen-bond donors (Lipinski definition) is 3. The maximum Gasteiger partial charge on any atom is 0.326 e. The summed E-state index contributed by atoms with van der Waals surface area (Å²) in [6.45, 7) is 2.93. The predicted octanol–water partition coefficient (Wildman–Crippen LogP) is 1.38. The van der Waals surface area contributed by atoms with Gasteiger partial charge in [-0.25, -0.2) is 4.79 Å². The minimum atomic E-state index is -1.20. The lowest BCUT2D eigenvalue weighted by Crippen LogP contribution is -2.41. The van der Waals surface area contributed by atoms with Gasteiger partial charge in [-0.2, -0.15) is 5.26 Å². The van der Waals surface area contributed by atoms with Crippen LogP contribution >= 0.6 is 0 Å². The number of hydrogen-bond acceptors (Lipinski definition) is 4. The lowest BCUT2D eigenvalue weighted by Gasteiger charge is -2.15. The minimum absolute atomic E-state index is 0.0168. The van der Waals surface area contributed by atoms with Crippen molar-refractivity contribution < 1.29 is 19.5 Å². The third kappa shape index (κ3) is 5.25. The fourth-order valence-corrected chi connectivity index (χ4v) is 1.81. The zero-order valence-electron chi connectivity index (χ0n) is 12.3. The van der Waals surface area contributed by atoms with E-state index in [1.165, 1.54) is 19.1 Å². The van der Waals surface area contributed by atoms with Crippen LogP contribution in [-0.4, -0.2) is 28.9 Å². The van der Waals surface area contributed by atoms with Gasteiger partial charge in [0, 0.05) is 24.1 Å². The molecule has 0 fully saturated rings. The first kappa shape index (κ1) is 17.2. The number of rotatable bonds is 6. The predicted molar refractivity (Wildman–Crippen MR) is 79.0 cm³/mol. The molecule has 0 bridgehead atoms. The van der Waals surface area contributed by atoms with Crippen molar-refractivity contribution in [1.82, 2.24) is 5.32 Å². The molecule has 1 aromatic carbocycles. The van der Waals surface area contributed by atoms with Gasteiger partial charge in [0.05, 0.1) is 6.07 Å². The molecule has 1 aromatic rings. The molecule has 7 nitrogen and oxygen atoms in total. The average Bonchev–Trinajstić information content (AvgIpc) is 2.45. The second-order valence-electron chi connectivity index (χ2n) is 4.89. The van der Waals surface area contributed by atoms with E-state index in [0.29, 0.717) is 5.69 Å². The van der Waals surface area contributed by atoms with Crippen LogP contribution in [0.25, 0.3) is 0 Å². The van der Waals surface area contributed by atoms with Crippen molar-refractivity contribution in [2.75, 3.05) is 5.32 Å². The summed E-state index contributed by atoms with van der Waals surface area (Å²) in [4.78, 5) is 34.2.